The molecule has 1 unspecified atom stereocenters. The van der Waals surface area contributed by atoms with Gasteiger partial charge in [-0.15, -0.1) is 0 Å². The van der Waals surface area contributed by atoms with Crippen LogP contribution in [0.2, 0.25) is 0 Å². The molecule has 8 aliphatic rings. The minimum absolute atomic E-state index is 0.0481. The third-order valence-electron chi connectivity index (χ3n) is 33.8. The number of hydrogen-bond acceptors (Lipinski definition) is 31. The van der Waals surface area contributed by atoms with E-state index in [4.69, 9.17) is 66.4 Å². The highest BCUT2D eigenvalue weighted by molar-refractivity contribution is 5.89. The summed E-state index contributed by atoms with van der Waals surface area (Å²) < 4.78 is 81.5. The van der Waals surface area contributed by atoms with Crippen molar-refractivity contribution in [2.75, 3.05) is 67.7 Å². The molecule has 8 aliphatic heterocycles. The molecule has 10 N–H and O–H groups in total. The number of pyridine rings is 1. The molecule has 786 valence electrons. The van der Waals surface area contributed by atoms with Gasteiger partial charge in [0.05, 0.1) is 106 Å². The zero-order chi connectivity index (χ0) is 103. The lowest BCUT2D eigenvalue weighted by Gasteiger charge is -2.48. The zero-order valence-corrected chi connectivity index (χ0v) is 89.0. The number of rotatable bonds is 16. The largest absolute Gasteiger partial charge is 0.459 e. The maximum absolute atomic E-state index is 14.3. The lowest BCUT2D eigenvalue weighted by molar-refractivity contribution is -0.307. The summed E-state index contributed by atoms with van der Waals surface area (Å²) in [6, 6.07) is 9.57. The average molecular weight is 1940 g/mol. The van der Waals surface area contributed by atoms with Crippen molar-refractivity contribution in [1.29, 1.82) is 0 Å². The number of benzene rings is 1. The van der Waals surface area contributed by atoms with Crippen LogP contribution in [0.4, 0.5) is 0 Å². The van der Waals surface area contributed by atoms with Gasteiger partial charge in [0.25, 0.3) is 0 Å². The van der Waals surface area contributed by atoms with Crippen LogP contribution in [0.15, 0.2) is 47.8 Å². The lowest BCUT2D eigenvalue weighted by Crippen LogP contribution is -2.59. The molecule has 10 rings (SSSR count). The predicted octanol–water partition coefficient (Wildman–Crippen LogP) is 12.7. The molecule has 0 radical (unpaired) electrons. The standard InChI is InChI=1S/C43H65NO10.C35H64N2O10.C28H52N2O6/c1-13-34-43(10,48)39(51-20-16-17-31-21-32-18-14-15-19-33(32)44-24-31)27(4)36(45)25(2)22-41(8,49-11)29(6)26(3)37(28(5)40(47)53-34)54-35-23-42(9,50-12)38(46)30(7)52-35;1-12-26-35(10,42)30(38)21(4)28(37-47-25-14-13-15-36-18-25)19(2)16-33(8,41)23(6)20(3)29(22(5)32(40)45-26)46-27-17-34(9,43-11)31(39)24(7)44-27;1-10-22-27(8,33)24(31)21(6)30(9)16-17(2)15-26(7)20(5)18(3)23(19(4)25(32)34-22)35-28(36-26)11-13-29-14-12-28/h14-19,21,24-30,34-35,37-39,46,48H,13,20,22-23H2,1-12H3;19-27,29-31,36,38-39,41-42H,12-18H2,1-11H3;17-24,29,31,33H,10-16H2,1-9H3/b17-16+;;/t25-,26-,27+,28-,29-,30+,34-,35+,37+,38+,39-,41-,42-,43-;19-,20-,21+,22-,23-,24+,25?,26-,27+,29+,30-,31+,33-,34-,35-;17-,18-,19-,20-,21-,22-,23+,24-,26-,27-/m111/s1. The molecule has 137 heavy (non-hydrogen) atoms. The highest BCUT2D eigenvalue weighted by Gasteiger charge is 2.59. The van der Waals surface area contributed by atoms with Crippen molar-refractivity contribution in [2.24, 2.45) is 88.0 Å². The van der Waals surface area contributed by atoms with E-state index in [1.54, 1.807) is 96.6 Å². The maximum Gasteiger partial charge on any atom is 0.311 e. The number of nitrogens with zero attached hydrogens (tertiary/aromatic N) is 3. The number of carbonyl (C=O) groups is 4. The Balaban J connectivity index is 0.000000257. The number of likely N-dealkylation sites (N-methyl/N-ethyl adjacent to an activating group) is 1. The van der Waals surface area contributed by atoms with E-state index in [0.717, 1.165) is 74.7 Å². The summed E-state index contributed by atoms with van der Waals surface area (Å²) in [7, 11) is 6.69. The van der Waals surface area contributed by atoms with Gasteiger partial charge in [-0.05, 0) is 221 Å². The highest BCUT2D eigenvalue weighted by atomic mass is 16.7. The molecule has 0 saturated carbocycles. The number of ketones is 1. The van der Waals surface area contributed by atoms with Crippen molar-refractivity contribution < 1.29 is 126 Å². The van der Waals surface area contributed by atoms with Crippen LogP contribution in [0.5, 0.6) is 0 Å². The number of aliphatic hydroxyl groups excluding tert-OH is 4. The van der Waals surface area contributed by atoms with Gasteiger partial charge in [-0.2, -0.15) is 0 Å². The first-order valence-corrected chi connectivity index (χ1v) is 51.2. The summed E-state index contributed by atoms with van der Waals surface area (Å²) in [6.07, 6.45) is -1.31. The molecule has 1 aromatic carbocycles. The molecule has 2 bridgehead atoms. The second-order valence-electron chi connectivity index (χ2n) is 44.4. The van der Waals surface area contributed by atoms with Gasteiger partial charge in [0.15, 0.2) is 18.4 Å². The number of fused-ring (bicyclic) bond motifs is 4. The number of Topliss-reactive ketones (excluding diaryl/α,β-unsaturated/α-hetero) is 1. The molecule has 31 nitrogen and oxygen atoms in total. The summed E-state index contributed by atoms with van der Waals surface area (Å²) in [5.74, 6) is -7.64. The van der Waals surface area contributed by atoms with E-state index in [1.165, 1.54) is 14.0 Å². The lowest BCUT2D eigenvalue weighted by atomic mass is 9.70. The molecule has 2 aromatic rings. The fourth-order valence-corrected chi connectivity index (χ4v) is 23.2. The van der Waals surface area contributed by atoms with Crippen LogP contribution in [0.1, 0.15) is 276 Å². The van der Waals surface area contributed by atoms with Crippen LogP contribution in [0, 0.1) is 82.9 Å². The van der Waals surface area contributed by atoms with Crippen LogP contribution in [0.25, 0.3) is 17.0 Å². The molecule has 1 aromatic heterocycles. The van der Waals surface area contributed by atoms with Gasteiger partial charge in [-0.3, -0.25) is 24.2 Å². The van der Waals surface area contributed by atoms with Crippen molar-refractivity contribution in [2.45, 2.75) is 426 Å². The number of methoxy groups -OCH3 is 3. The summed E-state index contributed by atoms with van der Waals surface area (Å²) in [4.78, 5) is 68.6. The molecule has 9 heterocycles. The van der Waals surface area contributed by atoms with Crippen molar-refractivity contribution in [3.8, 4) is 0 Å². The molecule has 0 aliphatic carbocycles. The Morgan fingerprint density at radius 1 is 0.555 bits per heavy atom. The van der Waals surface area contributed by atoms with Crippen LogP contribution in [-0.4, -0.2) is 303 Å². The number of nitrogens with one attached hydrogen (secondary N) is 2. The SMILES string of the molecule is CC[C@H]1OC(=O)[C@H](C)[C@@H](O[C@H]2C[C@@](C)(OC)[C@@H](O)[C@H](C)O2)[C@H](C)[C@@H](C)[C@](C)(O)C[C@@H](C)C(=NOC2CCCNC2)[C@H](C)[C@@H](O)[C@]1(C)O.CC[C@H]1OC(=O)[C@H](C)[C@@H](O[C@H]2C[C@@](C)(OC)[C@@H](O)[C@H](C)O2)[C@H](C)[C@@H](C)[C@](C)(OC)C[C@@H](C)C(=O)[C@H](C)[C@@H](OC/C=C/c2cnc3ccccc3c2)[C@]1(C)O.CC[C@H]1OC(=O)[C@H](C)[C@H]2OC3(CCNCC3)O[C@](C)(C[C@@H](C)CN(C)[C@H](C)[C@@H](O)[C@]1(C)O)[C@H](C)[C@H]2C. The van der Waals surface area contributed by atoms with E-state index in [-0.39, 0.29) is 110 Å². The molecular weight excluding hydrogens is 1760 g/mol. The Morgan fingerprint density at radius 2 is 1.06 bits per heavy atom. The van der Waals surface area contributed by atoms with Crippen molar-refractivity contribution in [1.82, 2.24) is 20.5 Å². The second-order valence-corrected chi connectivity index (χ2v) is 44.4. The minimum atomic E-state index is -1.84. The van der Waals surface area contributed by atoms with Gasteiger partial charge in [0, 0.05) is 114 Å². The van der Waals surface area contributed by atoms with Gasteiger partial charge in [0.2, 0.25) is 0 Å². The number of cyclic esters (lactones) is 3. The maximum atomic E-state index is 14.3. The van der Waals surface area contributed by atoms with Crippen molar-refractivity contribution in [3.05, 3.63) is 48.2 Å². The highest BCUT2D eigenvalue weighted by Crippen LogP contribution is 2.50. The number of piperidine rings is 2. The number of esters is 3. The van der Waals surface area contributed by atoms with Gasteiger partial charge in [0.1, 0.15) is 65.3 Å². The van der Waals surface area contributed by atoms with Gasteiger partial charge < -0.3 is 123 Å². The number of carbonyl (C=O) groups excluding carboxylic acids is 4. The summed E-state index contributed by atoms with van der Waals surface area (Å²) >= 11 is 0. The summed E-state index contributed by atoms with van der Waals surface area (Å²) in [5, 5.41) is 104. The van der Waals surface area contributed by atoms with E-state index >= 15 is 0 Å². The Labute approximate surface area is 818 Å². The number of aromatic nitrogens is 1. The Morgan fingerprint density at radius 3 is 1.57 bits per heavy atom. The molecule has 8 saturated heterocycles. The van der Waals surface area contributed by atoms with Crippen molar-refractivity contribution >= 4 is 46.4 Å². The Hall–Kier alpha value is -4.92. The first-order chi connectivity index (χ1) is 63.8. The van der Waals surface area contributed by atoms with Crippen LogP contribution in [-0.2, 0) is 85.6 Å². The third-order valence-corrected chi connectivity index (χ3v) is 33.8. The normalized spacial score (nSPS) is 45.2. The molecule has 0 amide bonds. The minimum Gasteiger partial charge on any atom is -0.459 e. The molecular formula is C106H181N5O26. The zero-order valence-electron chi connectivity index (χ0n) is 89.0. The topological polar surface area (TPSA) is 412 Å². The van der Waals surface area contributed by atoms with E-state index in [1.807, 2.05) is 133 Å². The van der Waals surface area contributed by atoms with Crippen LogP contribution < -0.4 is 10.6 Å². The predicted molar refractivity (Wildman–Crippen MR) is 524 cm³/mol. The van der Waals surface area contributed by atoms with E-state index < -0.39 is 190 Å². The number of hydrogen-bond donors (Lipinski definition) is 10. The van der Waals surface area contributed by atoms with E-state index in [2.05, 4.69) is 53.4 Å². The number of oxime groups is 1. The summed E-state index contributed by atoms with van der Waals surface area (Å²) in [5.41, 5.74) is -7.27. The number of para-hydroxylation sites is 1. The molecule has 1 spiro atoms. The average Bonchev–Trinajstić information content (AvgIpc) is 1.67. The monoisotopic (exact) mass is 1940 g/mol. The Bertz CT molecular complexity index is 4200. The van der Waals surface area contributed by atoms with Gasteiger partial charge in [-0.1, -0.05) is 132 Å². The first-order valence-electron chi connectivity index (χ1n) is 51.2. The van der Waals surface area contributed by atoms with E-state index in [9.17, 15) is 60.0 Å². The second kappa shape index (κ2) is 48.9. The smallest absolute Gasteiger partial charge is 0.311 e. The Kier molecular flexibility index (Phi) is 41.8. The first kappa shape index (κ1) is 117. The summed E-state index contributed by atoms with van der Waals surface area (Å²) in [6.45, 7) is 56.4. The van der Waals surface area contributed by atoms with Crippen LogP contribution >= 0.6 is 0 Å². The molecule has 8 fully saturated rings. The fourth-order valence-electron chi connectivity index (χ4n) is 23.2. The van der Waals surface area contributed by atoms with Gasteiger partial charge >= 0.3 is 17.9 Å². The van der Waals surface area contributed by atoms with Gasteiger partial charge in [-0.25, -0.2) is 0 Å². The number of aliphatic hydroxyl groups is 8. The van der Waals surface area contributed by atoms with E-state index in [0.29, 0.717) is 25.1 Å². The van der Waals surface area contributed by atoms with Crippen molar-refractivity contribution in [3.63, 3.8) is 0 Å². The molecule has 31 heteroatoms. The molecule has 39 atom stereocenters. The van der Waals surface area contributed by atoms with Crippen LogP contribution in [0.3, 0.4) is 0 Å². The quantitative estimate of drug-likeness (QED) is 0.0424. The fraction of sp³-hybridized carbons (Fsp3) is 0.849. The number of ether oxygens (including phenoxy) is 13. The third kappa shape index (κ3) is 27.4.